The topological polar surface area (TPSA) is 54.0 Å². The fourth-order valence-corrected chi connectivity index (χ4v) is 5.71. The number of hydrogen-bond acceptors (Lipinski definition) is 5. The molecule has 3 rings (SSSR count). The quantitative estimate of drug-likeness (QED) is 0.197. The second-order valence-corrected chi connectivity index (χ2v) is 16.5. The molecule has 1 heterocycles. The molecule has 0 spiro atoms. The maximum Gasteiger partial charge on any atom is 0.163 e. The van der Waals surface area contributed by atoms with Crippen LogP contribution in [0.4, 0.5) is 5.69 Å². The molecule has 246 valence electrons. The Bertz CT molecular complexity index is 1210. The van der Waals surface area contributed by atoms with Crippen LogP contribution in [0, 0.1) is 5.41 Å². The second kappa shape index (κ2) is 14.3. The van der Waals surface area contributed by atoms with Crippen molar-refractivity contribution < 1.29 is 14.6 Å². The van der Waals surface area contributed by atoms with Crippen LogP contribution in [-0.4, -0.2) is 35.6 Å². The van der Waals surface area contributed by atoms with Gasteiger partial charge in [0, 0.05) is 35.5 Å². The van der Waals surface area contributed by atoms with Crippen molar-refractivity contribution in [3.63, 3.8) is 0 Å². The minimum absolute atomic E-state index is 0.217. The van der Waals surface area contributed by atoms with E-state index in [-0.39, 0.29) is 16.2 Å². The van der Waals surface area contributed by atoms with Crippen molar-refractivity contribution in [3.8, 4) is 5.75 Å². The minimum Gasteiger partial charge on any atom is -0.507 e. The number of nitrogens with zero attached hydrogens (tertiary/aromatic N) is 1. The van der Waals surface area contributed by atoms with Crippen molar-refractivity contribution in [3.05, 3.63) is 70.0 Å². The molecule has 0 aromatic heterocycles. The van der Waals surface area contributed by atoms with Crippen LogP contribution >= 0.6 is 0 Å². The van der Waals surface area contributed by atoms with E-state index in [1.54, 1.807) is 0 Å². The van der Waals surface area contributed by atoms with Crippen molar-refractivity contribution in [1.82, 2.24) is 4.90 Å². The first kappa shape index (κ1) is 36.0. The summed E-state index contributed by atoms with van der Waals surface area (Å²) in [5, 5.41) is 15.3. The number of aromatic hydroxyl groups is 1. The number of benzene rings is 2. The number of anilines is 1. The standard InChI is InChI=1S/C39H62N2O3/c1-13-14-15-16-21-41(25-29-19-17-28(18-20-29)24-36(2,3)4)35(30-26-43-39(11,12)44-27-30)40-31-22-32(37(5,6)7)34(42)33(23-31)38(8,9)10/h17-20,22-23,40,42H,13-16,21,24-27H2,1-12H3. The molecule has 0 aliphatic carbocycles. The second-order valence-electron chi connectivity index (χ2n) is 16.5. The number of ether oxygens (including phenoxy) is 2. The van der Waals surface area contributed by atoms with Gasteiger partial charge in [-0.2, -0.15) is 0 Å². The van der Waals surface area contributed by atoms with E-state index in [1.807, 2.05) is 13.8 Å². The van der Waals surface area contributed by atoms with E-state index in [0.717, 1.165) is 54.1 Å². The van der Waals surface area contributed by atoms with Crippen LogP contribution in [0.5, 0.6) is 5.75 Å². The smallest absolute Gasteiger partial charge is 0.163 e. The largest absolute Gasteiger partial charge is 0.507 e. The Morgan fingerprint density at radius 1 is 0.818 bits per heavy atom. The number of phenolic OH excluding ortho intramolecular Hbond substituents is 1. The Kier molecular flexibility index (Phi) is 11.7. The molecule has 1 aliphatic rings. The third-order valence-corrected chi connectivity index (χ3v) is 8.24. The maximum atomic E-state index is 11.4. The number of phenols is 1. The zero-order valence-electron chi connectivity index (χ0n) is 30.0. The molecule has 2 N–H and O–H groups in total. The van der Waals surface area contributed by atoms with Crippen molar-refractivity contribution in [2.45, 2.75) is 138 Å². The van der Waals surface area contributed by atoms with Crippen LogP contribution in [0.25, 0.3) is 0 Å². The van der Waals surface area contributed by atoms with Crippen molar-refractivity contribution in [2.75, 3.05) is 25.1 Å². The summed E-state index contributed by atoms with van der Waals surface area (Å²) in [4.78, 5) is 2.48. The molecule has 1 fully saturated rings. The van der Waals surface area contributed by atoms with Crippen molar-refractivity contribution in [1.29, 1.82) is 0 Å². The van der Waals surface area contributed by atoms with E-state index in [1.165, 1.54) is 30.4 Å². The molecular weight excluding hydrogens is 544 g/mol. The van der Waals surface area contributed by atoms with Gasteiger partial charge in [-0.3, -0.25) is 0 Å². The molecule has 1 aliphatic heterocycles. The Morgan fingerprint density at radius 3 is 1.82 bits per heavy atom. The zero-order chi connectivity index (χ0) is 32.9. The third kappa shape index (κ3) is 10.5. The van der Waals surface area contributed by atoms with Gasteiger partial charge in [0.05, 0.1) is 13.2 Å². The minimum atomic E-state index is -0.610. The Labute approximate surface area is 269 Å². The summed E-state index contributed by atoms with van der Waals surface area (Å²) in [6.45, 7) is 28.7. The molecule has 2 aromatic rings. The van der Waals surface area contributed by atoms with Gasteiger partial charge in [-0.05, 0) is 66.2 Å². The fourth-order valence-electron chi connectivity index (χ4n) is 5.71. The Morgan fingerprint density at radius 2 is 1.34 bits per heavy atom. The molecule has 0 unspecified atom stereocenters. The predicted molar refractivity (Wildman–Crippen MR) is 186 cm³/mol. The highest BCUT2D eigenvalue weighted by atomic mass is 16.7. The molecule has 0 atom stereocenters. The first-order valence-corrected chi connectivity index (χ1v) is 16.8. The maximum absolute atomic E-state index is 11.4. The van der Waals surface area contributed by atoms with E-state index >= 15 is 0 Å². The normalized spacial score (nSPS) is 15.8. The summed E-state index contributed by atoms with van der Waals surface area (Å²) in [5.74, 6) is 0.824. The Balaban J connectivity index is 2.09. The van der Waals surface area contributed by atoms with Crippen LogP contribution in [-0.2, 0) is 33.3 Å². The summed E-state index contributed by atoms with van der Waals surface area (Å²) in [6, 6.07) is 13.4. The summed E-state index contributed by atoms with van der Waals surface area (Å²) in [6.07, 6.45) is 5.80. The van der Waals surface area contributed by atoms with Crippen LogP contribution < -0.4 is 5.32 Å². The average Bonchev–Trinajstić information content (AvgIpc) is 2.89. The lowest BCUT2D eigenvalue weighted by Crippen LogP contribution is -2.39. The lowest BCUT2D eigenvalue weighted by Gasteiger charge is -2.37. The van der Waals surface area contributed by atoms with Gasteiger partial charge in [0.25, 0.3) is 0 Å². The molecule has 1 saturated heterocycles. The third-order valence-electron chi connectivity index (χ3n) is 8.24. The molecule has 0 radical (unpaired) electrons. The lowest BCUT2D eigenvalue weighted by atomic mass is 9.79. The van der Waals surface area contributed by atoms with Gasteiger partial charge >= 0.3 is 0 Å². The van der Waals surface area contributed by atoms with Gasteiger partial charge in [0.2, 0.25) is 0 Å². The average molecular weight is 607 g/mol. The summed E-state index contributed by atoms with van der Waals surface area (Å²) in [7, 11) is 0. The van der Waals surface area contributed by atoms with E-state index in [0.29, 0.717) is 19.0 Å². The van der Waals surface area contributed by atoms with Crippen LogP contribution in [0.3, 0.4) is 0 Å². The molecule has 2 aromatic carbocycles. The van der Waals surface area contributed by atoms with Crippen LogP contribution in [0.15, 0.2) is 47.8 Å². The van der Waals surface area contributed by atoms with Gasteiger partial charge in [0.15, 0.2) is 5.79 Å². The van der Waals surface area contributed by atoms with E-state index in [9.17, 15) is 5.11 Å². The van der Waals surface area contributed by atoms with Gasteiger partial charge in [0.1, 0.15) is 11.6 Å². The van der Waals surface area contributed by atoms with Crippen molar-refractivity contribution >= 4 is 5.69 Å². The molecule has 5 heteroatoms. The van der Waals surface area contributed by atoms with Gasteiger partial charge in [-0.1, -0.05) is 113 Å². The van der Waals surface area contributed by atoms with E-state index < -0.39 is 5.79 Å². The fraction of sp³-hybridized carbons (Fsp3) is 0.641. The van der Waals surface area contributed by atoms with Crippen molar-refractivity contribution in [2.24, 2.45) is 5.41 Å². The SMILES string of the molecule is CCCCCCN(Cc1ccc(CC(C)(C)C)cc1)C(Nc1cc(C(C)(C)C)c(O)c(C(C)(C)C)c1)=C1COC(C)(C)OC1. The van der Waals surface area contributed by atoms with Crippen LogP contribution in [0.2, 0.25) is 0 Å². The molecule has 44 heavy (non-hydrogen) atoms. The molecule has 0 amide bonds. The zero-order valence-corrected chi connectivity index (χ0v) is 30.0. The molecule has 0 saturated carbocycles. The number of nitrogens with one attached hydrogen (secondary N) is 1. The summed E-state index contributed by atoms with van der Waals surface area (Å²) in [5.41, 5.74) is 6.44. The molecule has 5 nitrogen and oxygen atoms in total. The first-order valence-electron chi connectivity index (χ1n) is 16.8. The van der Waals surface area contributed by atoms with E-state index in [2.05, 4.69) is 116 Å². The molecular formula is C39H62N2O3. The number of rotatable bonds is 11. The van der Waals surface area contributed by atoms with Gasteiger partial charge in [-0.15, -0.1) is 0 Å². The van der Waals surface area contributed by atoms with E-state index in [4.69, 9.17) is 9.47 Å². The number of hydrogen-bond donors (Lipinski definition) is 2. The van der Waals surface area contributed by atoms with Gasteiger partial charge < -0.3 is 24.8 Å². The summed E-state index contributed by atoms with van der Waals surface area (Å²) < 4.78 is 12.4. The monoisotopic (exact) mass is 606 g/mol. The van der Waals surface area contributed by atoms with Crippen LogP contribution in [0.1, 0.15) is 131 Å². The first-order chi connectivity index (χ1) is 20.3. The number of unbranched alkanes of at least 4 members (excludes halogenated alkanes) is 3. The predicted octanol–water partition coefficient (Wildman–Crippen LogP) is 10.1. The Hall–Kier alpha value is -2.50. The summed E-state index contributed by atoms with van der Waals surface area (Å²) >= 11 is 0. The molecule has 0 bridgehead atoms. The highest BCUT2D eigenvalue weighted by molar-refractivity contribution is 5.61. The van der Waals surface area contributed by atoms with Gasteiger partial charge in [-0.25, -0.2) is 0 Å². The highest BCUT2D eigenvalue weighted by Gasteiger charge is 2.30. The highest BCUT2D eigenvalue weighted by Crippen LogP contribution is 2.41. The lowest BCUT2D eigenvalue weighted by molar-refractivity contribution is -0.226.